The van der Waals surface area contributed by atoms with Crippen LogP contribution < -0.4 is 15.2 Å². The molecule has 2 rings (SSSR count). The summed E-state index contributed by atoms with van der Waals surface area (Å²) in [6, 6.07) is 3.75. The molecule has 0 saturated carbocycles. The van der Waals surface area contributed by atoms with Gasteiger partial charge in [-0.15, -0.1) is 0 Å². The summed E-state index contributed by atoms with van der Waals surface area (Å²) in [5.74, 6) is 1.32. The van der Waals surface area contributed by atoms with Crippen LogP contribution in [-0.2, 0) is 5.54 Å². The molecule has 2 N–H and O–H groups in total. The molecule has 4 heteroatoms. The van der Waals surface area contributed by atoms with Gasteiger partial charge < -0.3 is 15.2 Å². The fourth-order valence-electron chi connectivity index (χ4n) is 1.60. The van der Waals surface area contributed by atoms with E-state index < -0.39 is 5.54 Å². The Morgan fingerprint density at radius 2 is 1.94 bits per heavy atom. The molecular weight excluding hydrogens is 226 g/mol. The second-order valence-electron chi connectivity index (χ2n) is 4.56. The lowest BCUT2D eigenvalue weighted by Crippen LogP contribution is -2.28. The number of halogens is 1. The maximum Gasteiger partial charge on any atom is 0.179 e. The van der Waals surface area contributed by atoms with Crippen LogP contribution >= 0.6 is 11.6 Å². The third-order valence-corrected chi connectivity index (χ3v) is 2.83. The van der Waals surface area contributed by atoms with Gasteiger partial charge in [0.25, 0.3) is 0 Å². The minimum atomic E-state index is -0.436. The monoisotopic (exact) mass is 241 g/mol. The highest BCUT2D eigenvalue weighted by Crippen LogP contribution is 2.39. The van der Waals surface area contributed by atoms with Gasteiger partial charge in [0.05, 0.1) is 18.2 Å². The van der Waals surface area contributed by atoms with Crippen molar-refractivity contribution in [3.63, 3.8) is 0 Å². The van der Waals surface area contributed by atoms with E-state index in [1.807, 2.05) is 26.0 Å². The van der Waals surface area contributed by atoms with Gasteiger partial charge in [0.1, 0.15) is 0 Å². The van der Waals surface area contributed by atoms with E-state index >= 15 is 0 Å². The molecule has 1 aromatic rings. The first-order chi connectivity index (χ1) is 7.48. The van der Waals surface area contributed by atoms with Crippen molar-refractivity contribution in [1.82, 2.24) is 0 Å². The van der Waals surface area contributed by atoms with Crippen molar-refractivity contribution >= 4 is 11.6 Å². The Morgan fingerprint density at radius 1 is 1.25 bits per heavy atom. The Labute approximate surface area is 100 Å². The summed E-state index contributed by atoms with van der Waals surface area (Å²) in [6.45, 7) is 5.15. The van der Waals surface area contributed by atoms with Gasteiger partial charge in [-0.1, -0.05) is 11.6 Å². The number of rotatable bonds is 1. The van der Waals surface area contributed by atoms with Crippen LogP contribution in [0.2, 0.25) is 5.02 Å². The molecule has 0 atom stereocenters. The molecule has 16 heavy (non-hydrogen) atoms. The number of ether oxygens (including phenoxy) is 2. The van der Waals surface area contributed by atoms with E-state index in [2.05, 4.69) is 0 Å². The Hall–Kier alpha value is -0.930. The van der Waals surface area contributed by atoms with Crippen LogP contribution in [0.5, 0.6) is 11.5 Å². The third kappa shape index (κ3) is 2.25. The lowest BCUT2D eigenvalue weighted by atomic mass is 9.95. The molecule has 0 unspecified atom stereocenters. The van der Waals surface area contributed by atoms with Crippen LogP contribution in [0, 0.1) is 0 Å². The maximum atomic E-state index is 6.17. The van der Waals surface area contributed by atoms with E-state index in [4.69, 9.17) is 26.8 Å². The average Bonchev–Trinajstić information content (AvgIpc) is 2.41. The zero-order chi connectivity index (χ0) is 11.8. The largest absolute Gasteiger partial charge is 0.489 e. The zero-order valence-corrected chi connectivity index (χ0v) is 10.3. The molecule has 0 saturated heterocycles. The summed E-state index contributed by atoms with van der Waals surface area (Å²) in [5.41, 5.74) is 6.55. The second-order valence-corrected chi connectivity index (χ2v) is 4.96. The van der Waals surface area contributed by atoms with Crippen LogP contribution in [0.4, 0.5) is 0 Å². The van der Waals surface area contributed by atoms with Crippen molar-refractivity contribution in [3.8, 4) is 11.5 Å². The Kier molecular flexibility index (Phi) is 3.00. The molecule has 0 radical (unpaired) electrons. The molecule has 3 nitrogen and oxygen atoms in total. The highest BCUT2D eigenvalue weighted by molar-refractivity contribution is 6.32. The SMILES string of the molecule is CC(C)(N)c1cc(Cl)c2c(c1)OCCCO2. The zero-order valence-electron chi connectivity index (χ0n) is 9.55. The minimum Gasteiger partial charge on any atom is -0.489 e. The maximum absolute atomic E-state index is 6.17. The summed E-state index contributed by atoms with van der Waals surface area (Å²) >= 11 is 6.17. The van der Waals surface area contributed by atoms with Gasteiger partial charge in [-0.2, -0.15) is 0 Å². The predicted octanol–water partition coefficient (Wildman–Crippen LogP) is 2.70. The Balaban J connectivity index is 2.48. The first-order valence-corrected chi connectivity index (χ1v) is 5.75. The van der Waals surface area contributed by atoms with Gasteiger partial charge in [-0.25, -0.2) is 0 Å². The highest BCUT2D eigenvalue weighted by atomic mass is 35.5. The summed E-state index contributed by atoms with van der Waals surface area (Å²) in [5, 5.41) is 0.563. The molecule has 1 aliphatic rings. The van der Waals surface area contributed by atoms with Crippen molar-refractivity contribution in [1.29, 1.82) is 0 Å². The number of benzene rings is 1. The van der Waals surface area contributed by atoms with E-state index in [1.54, 1.807) is 0 Å². The van der Waals surface area contributed by atoms with Gasteiger partial charge in [0.15, 0.2) is 11.5 Å². The van der Waals surface area contributed by atoms with E-state index in [9.17, 15) is 0 Å². The normalized spacial score (nSPS) is 15.8. The first-order valence-electron chi connectivity index (χ1n) is 5.37. The van der Waals surface area contributed by atoms with Crippen molar-refractivity contribution in [2.75, 3.05) is 13.2 Å². The molecule has 1 heterocycles. The predicted molar refractivity (Wildman–Crippen MR) is 64.3 cm³/mol. The molecule has 0 amide bonds. The molecule has 0 aliphatic carbocycles. The quantitative estimate of drug-likeness (QED) is 0.822. The van der Waals surface area contributed by atoms with Crippen molar-refractivity contribution in [3.05, 3.63) is 22.7 Å². The molecule has 88 valence electrons. The van der Waals surface area contributed by atoms with Crippen molar-refractivity contribution in [2.45, 2.75) is 25.8 Å². The van der Waals surface area contributed by atoms with E-state index in [-0.39, 0.29) is 0 Å². The summed E-state index contributed by atoms with van der Waals surface area (Å²) in [6.07, 6.45) is 0.867. The van der Waals surface area contributed by atoms with Gasteiger partial charge in [-0.05, 0) is 31.5 Å². The smallest absolute Gasteiger partial charge is 0.179 e. The van der Waals surface area contributed by atoms with E-state index in [0.29, 0.717) is 29.7 Å². The molecule has 1 aromatic carbocycles. The first kappa shape index (κ1) is 11.6. The second kappa shape index (κ2) is 4.15. The molecule has 0 bridgehead atoms. The molecule has 0 fully saturated rings. The number of hydrogen-bond acceptors (Lipinski definition) is 3. The van der Waals surface area contributed by atoms with Crippen molar-refractivity contribution < 1.29 is 9.47 Å². The number of nitrogens with two attached hydrogens (primary N) is 1. The van der Waals surface area contributed by atoms with Crippen LogP contribution in [0.3, 0.4) is 0 Å². The van der Waals surface area contributed by atoms with Gasteiger partial charge in [-0.3, -0.25) is 0 Å². The van der Waals surface area contributed by atoms with E-state index in [1.165, 1.54) is 0 Å². The number of hydrogen-bond donors (Lipinski definition) is 1. The average molecular weight is 242 g/mol. The summed E-state index contributed by atoms with van der Waals surface area (Å²) in [4.78, 5) is 0. The summed E-state index contributed by atoms with van der Waals surface area (Å²) in [7, 11) is 0. The van der Waals surface area contributed by atoms with Crippen molar-refractivity contribution in [2.24, 2.45) is 5.73 Å². The molecule has 0 spiro atoms. The lowest BCUT2D eigenvalue weighted by Gasteiger charge is -2.21. The van der Waals surface area contributed by atoms with Crippen LogP contribution in [0.1, 0.15) is 25.8 Å². The number of fused-ring (bicyclic) bond motifs is 1. The minimum absolute atomic E-state index is 0.436. The standard InChI is InChI=1S/C12H16ClNO2/c1-12(2,14)8-6-9(13)11-10(7-8)15-4-3-5-16-11/h6-7H,3-5,14H2,1-2H3. The van der Waals surface area contributed by atoms with Gasteiger partial charge >= 0.3 is 0 Å². The van der Waals surface area contributed by atoms with Crippen LogP contribution in [0.15, 0.2) is 12.1 Å². The van der Waals surface area contributed by atoms with Crippen LogP contribution in [-0.4, -0.2) is 13.2 Å². The highest BCUT2D eigenvalue weighted by Gasteiger charge is 2.21. The molecule has 1 aliphatic heterocycles. The fraction of sp³-hybridized carbons (Fsp3) is 0.500. The topological polar surface area (TPSA) is 44.5 Å². The Bertz CT molecular complexity index is 399. The third-order valence-electron chi connectivity index (χ3n) is 2.55. The summed E-state index contributed by atoms with van der Waals surface area (Å²) < 4.78 is 11.1. The Morgan fingerprint density at radius 3 is 2.62 bits per heavy atom. The lowest BCUT2D eigenvalue weighted by molar-refractivity contribution is 0.297. The molecular formula is C12H16ClNO2. The van der Waals surface area contributed by atoms with E-state index in [0.717, 1.165) is 12.0 Å². The van der Waals surface area contributed by atoms with Gasteiger partial charge in [0.2, 0.25) is 0 Å². The van der Waals surface area contributed by atoms with Gasteiger partial charge in [0, 0.05) is 12.0 Å². The molecule has 0 aromatic heterocycles. The fourth-order valence-corrected chi connectivity index (χ4v) is 1.87. The van der Waals surface area contributed by atoms with Crippen LogP contribution in [0.25, 0.3) is 0 Å².